The van der Waals surface area contributed by atoms with Crippen LogP contribution in [0.1, 0.15) is 24.5 Å². The van der Waals surface area contributed by atoms with Crippen molar-refractivity contribution in [1.29, 1.82) is 0 Å². The minimum Gasteiger partial charge on any atom is -0.493 e. The molecule has 0 spiro atoms. The lowest BCUT2D eigenvalue weighted by Gasteiger charge is -2.10. The van der Waals surface area contributed by atoms with Crippen LogP contribution >= 0.6 is 11.6 Å². The second-order valence-electron chi connectivity index (χ2n) is 5.77. The van der Waals surface area contributed by atoms with Crippen LogP contribution in [-0.4, -0.2) is 18.4 Å². The van der Waals surface area contributed by atoms with E-state index in [1.807, 2.05) is 32.0 Å². The summed E-state index contributed by atoms with van der Waals surface area (Å²) < 4.78 is 5.60. The van der Waals surface area contributed by atoms with Crippen molar-refractivity contribution in [3.63, 3.8) is 0 Å². The van der Waals surface area contributed by atoms with E-state index in [0.29, 0.717) is 16.4 Å². The van der Waals surface area contributed by atoms with E-state index in [1.165, 1.54) is 12.5 Å². The number of nitrogens with one attached hydrogen (secondary N) is 2. The third-order valence-electron chi connectivity index (χ3n) is 3.64. The highest BCUT2D eigenvalue weighted by Crippen LogP contribution is 2.25. The van der Waals surface area contributed by atoms with E-state index in [4.69, 9.17) is 16.3 Å². The summed E-state index contributed by atoms with van der Waals surface area (Å²) in [4.78, 5) is 23.0. The van der Waals surface area contributed by atoms with E-state index in [9.17, 15) is 9.59 Å². The van der Waals surface area contributed by atoms with Gasteiger partial charge in [0.05, 0.1) is 23.7 Å². The number of rotatable bonds is 6. The van der Waals surface area contributed by atoms with Crippen LogP contribution in [0.5, 0.6) is 5.75 Å². The van der Waals surface area contributed by atoms with Gasteiger partial charge in [0.15, 0.2) is 0 Å². The Morgan fingerprint density at radius 3 is 2.44 bits per heavy atom. The van der Waals surface area contributed by atoms with Gasteiger partial charge < -0.3 is 15.4 Å². The Kier molecular flexibility index (Phi) is 6.42. The molecule has 0 saturated carbocycles. The van der Waals surface area contributed by atoms with Crippen molar-refractivity contribution < 1.29 is 14.3 Å². The molecule has 5 nitrogen and oxygen atoms in total. The number of carbonyl (C=O) groups is 2. The van der Waals surface area contributed by atoms with Crippen LogP contribution in [0.4, 0.5) is 11.4 Å². The van der Waals surface area contributed by atoms with Crippen LogP contribution in [0, 0.1) is 13.8 Å². The molecule has 25 heavy (non-hydrogen) atoms. The first-order valence-electron chi connectivity index (χ1n) is 7.92. The van der Waals surface area contributed by atoms with E-state index in [-0.39, 0.29) is 24.8 Å². The van der Waals surface area contributed by atoms with Crippen molar-refractivity contribution in [1.82, 2.24) is 0 Å². The Balaban J connectivity index is 1.84. The predicted molar refractivity (Wildman–Crippen MR) is 100 cm³/mol. The average Bonchev–Trinajstić information content (AvgIpc) is 2.53. The zero-order chi connectivity index (χ0) is 18.4. The molecule has 2 N–H and O–H groups in total. The molecule has 2 aromatic carbocycles. The van der Waals surface area contributed by atoms with Crippen molar-refractivity contribution >= 4 is 34.8 Å². The maximum atomic E-state index is 12.0. The fourth-order valence-corrected chi connectivity index (χ4v) is 2.40. The van der Waals surface area contributed by atoms with Crippen molar-refractivity contribution in [2.75, 3.05) is 17.2 Å². The van der Waals surface area contributed by atoms with Gasteiger partial charge in [0.1, 0.15) is 5.75 Å². The summed E-state index contributed by atoms with van der Waals surface area (Å²) in [5, 5.41) is 5.73. The van der Waals surface area contributed by atoms with Crippen molar-refractivity contribution in [2.24, 2.45) is 0 Å². The molecule has 2 amide bonds. The molecule has 0 fully saturated rings. The highest BCUT2D eigenvalue weighted by molar-refractivity contribution is 6.34. The van der Waals surface area contributed by atoms with E-state index in [1.54, 1.807) is 18.2 Å². The first-order chi connectivity index (χ1) is 11.8. The summed E-state index contributed by atoms with van der Waals surface area (Å²) in [6.07, 6.45) is 0.220. The van der Waals surface area contributed by atoms with E-state index >= 15 is 0 Å². The van der Waals surface area contributed by atoms with Crippen molar-refractivity contribution in [2.45, 2.75) is 27.2 Å². The van der Waals surface area contributed by atoms with Gasteiger partial charge in [-0.2, -0.15) is 0 Å². The van der Waals surface area contributed by atoms with E-state index < -0.39 is 0 Å². The molecule has 6 heteroatoms. The fraction of sp³-hybridized carbons (Fsp3) is 0.263. The van der Waals surface area contributed by atoms with Gasteiger partial charge >= 0.3 is 0 Å². The lowest BCUT2D eigenvalue weighted by atomic mass is 10.1. The zero-order valence-corrected chi connectivity index (χ0v) is 15.2. The quantitative estimate of drug-likeness (QED) is 0.806. The number of aryl methyl sites for hydroxylation is 2. The second-order valence-corrected chi connectivity index (χ2v) is 6.18. The Morgan fingerprint density at radius 2 is 1.80 bits per heavy atom. The highest BCUT2D eigenvalue weighted by atomic mass is 35.5. The topological polar surface area (TPSA) is 67.4 Å². The zero-order valence-electron chi connectivity index (χ0n) is 14.5. The molecular formula is C19H21ClN2O3. The van der Waals surface area contributed by atoms with Crippen molar-refractivity contribution in [3.05, 3.63) is 52.5 Å². The molecule has 0 heterocycles. The lowest BCUT2D eigenvalue weighted by Crippen LogP contribution is -2.15. The minimum atomic E-state index is -0.206. The average molecular weight is 361 g/mol. The molecule has 0 atom stereocenters. The SMILES string of the molecule is CC(=O)Nc1ccc(NC(=O)CCOc2ccc(C)c(C)c2)cc1Cl. The monoisotopic (exact) mass is 360 g/mol. The first-order valence-corrected chi connectivity index (χ1v) is 8.30. The van der Waals surface area contributed by atoms with E-state index in [2.05, 4.69) is 10.6 Å². The Morgan fingerprint density at radius 1 is 1.04 bits per heavy atom. The Labute approximate surface area is 152 Å². The molecule has 0 aliphatic rings. The van der Waals surface area contributed by atoms with Crippen LogP contribution in [0.3, 0.4) is 0 Å². The number of halogens is 1. The number of carbonyl (C=O) groups excluding carboxylic acids is 2. The summed E-state index contributed by atoms with van der Waals surface area (Å²) in [5.41, 5.74) is 3.42. The van der Waals surface area contributed by atoms with Gasteiger partial charge in [-0.3, -0.25) is 9.59 Å². The van der Waals surface area contributed by atoms with Crippen LogP contribution in [0.2, 0.25) is 5.02 Å². The van der Waals surface area contributed by atoms with Gasteiger partial charge in [-0.05, 0) is 55.3 Å². The molecule has 0 saturated heterocycles. The number of benzene rings is 2. The molecule has 0 aliphatic carbocycles. The van der Waals surface area contributed by atoms with Crippen LogP contribution in [0.15, 0.2) is 36.4 Å². The molecule has 0 bridgehead atoms. The maximum absolute atomic E-state index is 12.0. The molecule has 2 rings (SSSR count). The number of hydrogen-bond acceptors (Lipinski definition) is 3. The number of anilines is 2. The lowest BCUT2D eigenvalue weighted by molar-refractivity contribution is -0.116. The Hall–Kier alpha value is -2.53. The van der Waals surface area contributed by atoms with Gasteiger partial charge in [0, 0.05) is 12.6 Å². The minimum absolute atomic E-state index is 0.174. The van der Waals surface area contributed by atoms with Gasteiger partial charge in [-0.25, -0.2) is 0 Å². The van der Waals surface area contributed by atoms with Gasteiger partial charge in [-0.15, -0.1) is 0 Å². The van der Waals surface area contributed by atoms with Gasteiger partial charge in [0.2, 0.25) is 11.8 Å². The Bertz CT molecular complexity index is 790. The largest absolute Gasteiger partial charge is 0.493 e. The summed E-state index contributed by atoms with van der Waals surface area (Å²) in [6.45, 7) is 5.74. The normalized spacial score (nSPS) is 10.2. The molecule has 2 aromatic rings. The summed E-state index contributed by atoms with van der Waals surface area (Å²) in [6, 6.07) is 10.7. The molecule has 0 radical (unpaired) electrons. The summed E-state index contributed by atoms with van der Waals surface area (Å²) in [7, 11) is 0. The summed E-state index contributed by atoms with van der Waals surface area (Å²) >= 11 is 6.08. The third-order valence-corrected chi connectivity index (χ3v) is 3.95. The fourth-order valence-electron chi connectivity index (χ4n) is 2.17. The van der Waals surface area contributed by atoms with Crippen molar-refractivity contribution in [3.8, 4) is 5.75 Å². The summed E-state index contributed by atoms with van der Waals surface area (Å²) in [5.74, 6) is 0.368. The second kappa shape index (κ2) is 8.53. The van der Waals surface area contributed by atoms with Gasteiger partial charge in [0.25, 0.3) is 0 Å². The molecule has 132 valence electrons. The molecule has 0 aliphatic heterocycles. The van der Waals surface area contributed by atoms with Crippen LogP contribution in [-0.2, 0) is 9.59 Å². The molecule has 0 unspecified atom stereocenters. The first kappa shape index (κ1) is 18.8. The number of hydrogen-bond donors (Lipinski definition) is 2. The molecular weight excluding hydrogens is 340 g/mol. The molecule has 0 aromatic heterocycles. The predicted octanol–water partition coefficient (Wildman–Crippen LogP) is 4.32. The van der Waals surface area contributed by atoms with Crippen LogP contribution < -0.4 is 15.4 Å². The highest BCUT2D eigenvalue weighted by Gasteiger charge is 2.07. The van der Waals surface area contributed by atoms with Crippen LogP contribution in [0.25, 0.3) is 0 Å². The number of ether oxygens (including phenoxy) is 1. The van der Waals surface area contributed by atoms with E-state index in [0.717, 1.165) is 11.3 Å². The number of amides is 2. The smallest absolute Gasteiger partial charge is 0.227 e. The third kappa shape index (κ3) is 5.80. The standard InChI is InChI=1S/C19H21ClN2O3/c1-12-4-6-16(10-13(12)2)25-9-8-19(24)22-15-5-7-18(17(20)11-15)21-14(3)23/h4-7,10-11H,8-9H2,1-3H3,(H,21,23)(H,22,24). The maximum Gasteiger partial charge on any atom is 0.227 e. The van der Waals surface area contributed by atoms with Gasteiger partial charge in [-0.1, -0.05) is 17.7 Å².